The van der Waals surface area contributed by atoms with Gasteiger partial charge in [0, 0.05) is 13.0 Å². The second-order valence-corrected chi connectivity index (χ2v) is 6.36. The number of amides is 1. The zero-order chi connectivity index (χ0) is 14.8. The van der Waals surface area contributed by atoms with Crippen LogP contribution in [0.5, 0.6) is 0 Å². The lowest BCUT2D eigenvalue weighted by molar-refractivity contribution is -0.159. The van der Waals surface area contributed by atoms with Crippen molar-refractivity contribution >= 4 is 11.9 Å². The molecule has 5 heteroatoms. The van der Waals surface area contributed by atoms with Gasteiger partial charge in [-0.25, -0.2) is 0 Å². The van der Waals surface area contributed by atoms with E-state index < -0.39 is 11.4 Å². The van der Waals surface area contributed by atoms with E-state index in [2.05, 4.69) is 0 Å². The van der Waals surface area contributed by atoms with Crippen LogP contribution in [0.3, 0.4) is 0 Å². The first-order chi connectivity index (χ1) is 9.44. The molecule has 0 aromatic carbocycles. The summed E-state index contributed by atoms with van der Waals surface area (Å²) in [6, 6.07) is 0.0353. The Morgan fingerprint density at radius 1 is 1.25 bits per heavy atom. The first-order valence-electron chi connectivity index (χ1n) is 7.59. The van der Waals surface area contributed by atoms with Crippen molar-refractivity contribution in [3.8, 4) is 0 Å². The molecule has 2 aliphatic rings. The minimum Gasteiger partial charge on any atom is -0.481 e. The summed E-state index contributed by atoms with van der Waals surface area (Å²) in [4.78, 5) is 26.0. The Bertz CT molecular complexity index is 376. The number of morpholine rings is 1. The van der Waals surface area contributed by atoms with Crippen LogP contribution in [0.2, 0.25) is 0 Å². The number of nitrogens with zero attached hydrogens (tertiary/aromatic N) is 1. The molecule has 0 aromatic rings. The number of aliphatic carboxylic acids is 1. The zero-order valence-corrected chi connectivity index (χ0v) is 12.4. The van der Waals surface area contributed by atoms with E-state index in [0.29, 0.717) is 26.0 Å². The first kappa shape index (κ1) is 15.3. The number of rotatable bonds is 3. The van der Waals surface area contributed by atoms with E-state index in [1.165, 1.54) is 0 Å². The molecular weight excluding hydrogens is 258 g/mol. The molecule has 0 bridgehead atoms. The molecule has 2 atom stereocenters. The fraction of sp³-hybridized carbons (Fsp3) is 0.867. The van der Waals surface area contributed by atoms with Crippen LogP contribution >= 0.6 is 0 Å². The van der Waals surface area contributed by atoms with E-state index in [1.54, 1.807) is 4.90 Å². The number of hydrogen-bond donors (Lipinski definition) is 1. The maximum Gasteiger partial charge on any atom is 0.310 e. The summed E-state index contributed by atoms with van der Waals surface area (Å²) in [5.74, 6) is -0.837. The van der Waals surface area contributed by atoms with Gasteiger partial charge in [-0.3, -0.25) is 9.59 Å². The molecule has 2 fully saturated rings. The molecule has 5 nitrogen and oxygen atoms in total. The Morgan fingerprint density at radius 2 is 1.90 bits per heavy atom. The molecule has 1 saturated heterocycles. The topological polar surface area (TPSA) is 66.8 Å². The molecule has 1 heterocycles. The summed E-state index contributed by atoms with van der Waals surface area (Å²) in [5.41, 5.74) is -0.837. The van der Waals surface area contributed by atoms with Gasteiger partial charge in [0.1, 0.15) is 0 Å². The van der Waals surface area contributed by atoms with Crippen molar-refractivity contribution in [3.63, 3.8) is 0 Å². The van der Waals surface area contributed by atoms with Crippen LogP contribution in [0.25, 0.3) is 0 Å². The Hall–Kier alpha value is -1.10. The Kier molecular flexibility index (Phi) is 4.68. The lowest BCUT2D eigenvalue weighted by Gasteiger charge is -2.40. The van der Waals surface area contributed by atoms with Crippen LogP contribution in [0.1, 0.15) is 52.4 Å². The van der Waals surface area contributed by atoms with E-state index >= 15 is 0 Å². The molecule has 1 N–H and O–H groups in total. The van der Waals surface area contributed by atoms with Crippen molar-refractivity contribution in [1.82, 2.24) is 4.90 Å². The van der Waals surface area contributed by atoms with Gasteiger partial charge in [0.2, 0.25) is 5.91 Å². The van der Waals surface area contributed by atoms with E-state index in [0.717, 1.165) is 19.3 Å². The van der Waals surface area contributed by atoms with E-state index in [-0.39, 0.29) is 24.5 Å². The molecule has 0 aromatic heterocycles. The van der Waals surface area contributed by atoms with Crippen molar-refractivity contribution in [2.75, 3.05) is 13.2 Å². The van der Waals surface area contributed by atoms with E-state index in [4.69, 9.17) is 4.74 Å². The molecule has 2 unspecified atom stereocenters. The van der Waals surface area contributed by atoms with Gasteiger partial charge >= 0.3 is 5.97 Å². The molecule has 0 radical (unpaired) electrons. The zero-order valence-electron chi connectivity index (χ0n) is 12.4. The van der Waals surface area contributed by atoms with Crippen molar-refractivity contribution < 1.29 is 19.4 Å². The fourth-order valence-corrected chi connectivity index (χ4v) is 3.34. The minimum absolute atomic E-state index is 0.0299. The minimum atomic E-state index is -0.837. The molecular formula is C15H25NO4. The summed E-state index contributed by atoms with van der Waals surface area (Å²) < 4.78 is 5.52. The number of carboxylic acids is 1. The van der Waals surface area contributed by atoms with Crippen molar-refractivity contribution in [2.24, 2.45) is 5.41 Å². The predicted octanol–water partition coefficient (Wildman–Crippen LogP) is 2.05. The predicted molar refractivity (Wildman–Crippen MR) is 74.4 cm³/mol. The molecule has 0 spiro atoms. The lowest BCUT2D eigenvalue weighted by atomic mass is 9.71. The Morgan fingerprint density at radius 3 is 2.50 bits per heavy atom. The smallest absolute Gasteiger partial charge is 0.310 e. The molecule has 114 valence electrons. The Labute approximate surface area is 120 Å². The van der Waals surface area contributed by atoms with Crippen LogP contribution < -0.4 is 0 Å². The standard InChI is InChI=1S/C15H25NO4/c1-11-10-20-12(2)9-16(11)13(17)8-15(14(18)19)6-4-3-5-7-15/h11-12H,3-10H2,1-2H3,(H,18,19). The highest BCUT2D eigenvalue weighted by Crippen LogP contribution is 2.40. The van der Waals surface area contributed by atoms with Gasteiger partial charge < -0.3 is 14.7 Å². The number of carboxylic acid groups (broad SMARTS) is 1. The number of hydrogen-bond acceptors (Lipinski definition) is 3. The van der Waals surface area contributed by atoms with Crippen molar-refractivity contribution in [3.05, 3.63) is 0 Å². The van der Waals surface area contributed by atoms with Gasteiger partial charge in [-0.2, -0.15) is 0 Å². The highest BCUT2D eigenvalue weighted by Gasteiger charge is 2.43. The maximum atomic E-state index is 12.5. The quantitative estimate of drug-likeness (QED) is 0.861. The number of ether oxygens (including phenoxy) is 1. The summed E-state index contributed by atoms with van der Waals surface area (Å²) in [6.07, 6.45) is 4.32. The van der Waals surface area contributed by atoms with Gasteiger partial charge in [-0.05, 0) is 26.7 Å². The monoisotopic (exact) mass is 283 g/mol. The SMILES string of the molecule is CC1CN(C(=O)CC2(C(=O)O)CCCCC2)C(C)CO1. The second kappa shape index (κ2) is 6.12. The Balaban J connectivity index is 2.06. The number of carbonyl (C=O) groups is 2. The highest BCUT2D eigenvalue weighted by molar-refractivity contribution is 5.85. The van der Waals surface area contributed by atoms with Crippen molar-refractivity contribution in [2.45, 2.75) is 64.5 Å². The fourth-order valence-electron chi connectivity index (χ4n) is 3.34. The second-order valence-electron chi connectivity index (χ2n) is 6.36. The van der Waals surface area contributed by atoms with Gasteiger partial charge in [0.05, 0.1) is 24.2 Å². The summed E-state index contributed by atoms with van der Waals surface area (Å²) in [6.45, 7) is 5.00. The van der Waals surface area contributed by atoms with Crippen LogP contribution in [0, 0.1) is 5.41 Å². The average molecular weight is 283 g/mol. The number of carbonyl (C=O) groups excluding carboxylic acids is 1. The average Bonchev–Trinajstić information content (AvgIpc) is 2.42. The third kappa shape index (κ3) is 3.14. The molecule has 1 aliphatic carbocycles. The van der Waals surface area contributed by atoms with Crippen LogP contribution in [-0.4, -0.2) is 47.2 Å². The highest BCUT2D eigenvalue weighted by atomic mass is 16.5. The van der Waals surface area contributed by atoms with E-state index in [9.17, 15) is 14.7 Å². The molecule has 2 rings (SSSR count). The summed E-state index contributed by atoms with van der Waals surface area (Å²) >= 11 is 0. The largest absolute Gasteiger partial charge is 0.481 e. The van der Waals surface area contributed by atoms with E-state index in [1.807, 2.05) is 13.8 Å². The molecule has 1 saturated carbocycles. The third-order valence-electron chi connectivity index (χ3n) is 4.68. The molecule has 1 aliphatic heterocycles. The van der Waals surface area contributed by atoms with Gasteiger partial charge in [0.15, 0.2) is 0 Å². The third-order valence-corrected chi connectivity index (χ3v) is 4.68. The summed E-state index contributed by atoms with van der Waals surface area (Å²) in [7, 11) is 0. The molecule has 1 amide bonds. The van der Waals surface area contributed by atoms with Gasteiger partial charge in [0.25, 0.3) is 0 Å². The van der Waals surface area contributed by atoms with Crippen molar-refractivity contribution in [1.29, 1.82) is 0 Å². The summed E-state index contributed by atoms with van der Waals surface area (Å²) in [5, 5.41) is 9.56. The maximum absolute atomic E-state index is 12.5. The van der Waals surface area contributed by atoms with Gasteiger partial charge in [-0.15, -0.1) is 0 Å². The van der Waals surface area contributed by atoms with Gasteiger partial charge in [-0.1, -0.05) is 19.3 Å². The normalized spacial score (nSPS) is 30.0. The van der Waals surface area contributed by atoms with Crippen LogP contribution in [-0.2, 0) is 14.3 Å². The van der Waals surface area contributed by atoms with Crippen LogP contribution in [0.4, 0.5) is 0 Å². The first-order valence-corrected chi connectivity index (χ1v) is 7.59. The van der Waals surface area contributed by atoms with Crippen LogP contribution in [0.15, 0.2) is 0 Å². The molecule has 20 heavy (non-hydrogen) atoms. The lowest BCUT2D eigenvalue weighted by Crippen LogP contribution is -2.52.